The SMILES string of the molecule is CN(CCO)Cc1ccc2oc(=O)n(C)c2c1. The summed E-state index contributed by atoms with van der Waals surface area (Å²) in [5.41, 5.74) is 2.49. The number of oxazole rings is 1. The molecule has 0 saturated carbocycles. The van der Waals surface area contributed by atoms with Gasteiger partial charge in [0, 0.05) is 20.1 Å². The van der Waals surface area contributed by atoms with Crippen LogP contribution < -0.4 is 5.76 Å². The molecule has 0 amide bonds. The minimum Gasteiger partial charge on any atom is -0.408 e. The molecule has 0 radical (unpaired) electrons. The standard InChI is InChI=1S/C12H16N2O3/c1-13(5-6-15)8-9-3-4-11-10(7-9)14(2)12(16)17-11/h3-4,7,15H,5-6,8H2,1-2H3. The highest BCUT2D eigenvalue weighted by molar-refractivity contribution is 5.73. The predicted molar refractivity (Wildman–Crippen MR) is 64.9 cm³/mol. The Kier molecular flexibility index (Phi) is 3.31. The van der Waals surface area contributed by atoms with Crippen molar-refractivity contribution in [2.45, 2.75) is 6.54 Å². The Morgan fingerprint density at radius 2 is 2.24 bits per heavy atom. The van der Waals surface area contributed by atoms with Gasteiger partial charge in [-0.2, -0.15) is 0 Å². The third-order valence-electron chi connectivity index (χ3n) is 2.79. The molecule has 0 aliphatic carbocycles. The van der Waals surface area contributed by atoms with Gasteiger partial charge >= 0.3 is 5.76 Å². The number of aryl methyl sites for hydroxylation is 1. The normalized spacial score (nSPS) is 11.5. The van der Waals surface area contributed by atoms with E-state index >= 15 is 0 Å². The fourth-order valence-electron chi connectivity index (χ4n) is 1.83. The van der Waals surface area contributed by atoms with Crippen molar-refractivity contribution in [2.24, 2.45) is 7.05 Å². The first-order valence-corrected chi connectivity index (χ1v) is 5.49. The van der Waals surface area contributed by atoms with E-state index in [0.29, 0.717) is 12.1 Å². The summed E-state index contributed by atoms with van der Waals surface area (Å²) in [6.07, 6.45) is 0. The van der Waals surface area contributed by atoms with Gasteiger partial charge in [0.1, 0.15) is 0 Å². The van der Waals surface area contributed by atoms with Gasteiger partial charge in [-0.05, 0) is 24.7 Å². The number of aliphatic hydroxyl groups excluding tert-OH is 1. The van der Waals surface area contributed by atoms with Crippen LogP contribution in [0.25, 0.3) is 11.1 Å². The summed E-state index contributed by atoms with van der Waals surface area (Å²) in [4.78, 5) is 13.3. The molecule has 1 aromatic heterocycles. The molecule has 0 saturated heterocycles. The Labute approximate surface area is 98.9 Å². The summed E-state index contributed by atoms with van der Waals surface area (Å²) in [6, 6.07) is 5.67. The fourth-order valence-corrected chi connectivity index (χ4v) is 1.83. The van der Waals surface area contributed by atoms with Crippen LogP contribution in [0.3, 0.4) is 0 Å². The number of benzene rings is 1. The van der Waals surface area contributed by atoms with E-state index in [9.17, 15) is 4.79 Å². The van der Waals surface area contributed by atoms with E-state index in [0.717, 1.165) is 17.6 Å². The second kappa shape index (κ2) is 4.73. The molecule has 0 bridgehead atoms. The highest BCUT2D eigenvalue weighted by Gasteiger charge is 2.07. The van der Waals surface area contributed by atoms with Crippen molar-refractivity contribution < 1.29 is 9.52 Å². The topological polar surface area (TPSA) is 58.6 Å². The Morgan fingerprint density at radius 1 is 1.47 bits per heavy atom. The summed E-state index contributed by atoms with van der Waals surface area (Å²) in [7, 11) is 3.63. The van der Waals surface area contributed by atoms with Crippen LogP contribution in [0.15, 0.2) is 27.4 Å². The summed E-state index contributed by atoms with van der Waals surface area (Å²) >= 11 is 0. The smallest absolute Gasteiger partial charge is 0.408 e. The second-order valence-electron chi connectivity index (χ2n) is 4.19. The third-order valence-corrected chi connectivity index (χ3v) is 2.79. The second-order valence-corrected chi connectivity index (χ2v) is 4.19. The molecule has 1 aromatic carbocycles. The molecule has 2 rings (SSSR count). The zero-order valence-corrected chi connectivity index (χ0v) is 10.0. The maximum Gasteiger partial charge on any atom is 0.419 e. The molecular formula is C12H16N2O3. The van der Waals surface area contributed by atoms with Gasteiger partial charge in [0.2, 0.25) is 0 Å². The van der Waals surface area contributed by atoms with Crippen LogP contribution in [0.1, 0.15) is 5.56 Å². The summed E-state index contributed by atoms with van der Waals surface area (Å²) in [5, 5.41) is 8.83. The van der Waals surface area contributed by atoms with Crippen molar-refractivity contribution in [3.05, 3.63) is 34.3 Å². The molecule has 1 N–H and O–H groups in total. The molecule has 0 atom stereocenters. The maximum atomic E-state index is 11.3. The number of fused-ring (bicyclic) bond motifs is 1. The lowest BCUT2D eigenvalue weighted by Crippen LogP contribution is -2.21. The fraction of sp³-hybridized carbons (Fsp3) is 0.417. The van der Waals surface area contributed by atoms with Crippen molar-refractivity contribution in [1.29, 1.82) is 0 Å². The van der Waals surface area contributed by atoms with Crippen LogP contribution in [0.2, 0.25) is 0 Å². The van der Waals surface area contributed by atoms with Gasteiger partial charge in [-0.1, -0.05) is 6.07 Å². The third kappa shape index (κ3) is 2.40. The first-order chi connectivity index (χ1) is 8.11. The Bertz CT molecular complexity index is 571. The number of rotatable bonds is 4. The first-order valence-electron chi connectivity index (χ1n) is 5.49. The molecule has 2 aromatic rings. The van der Waals surface area contributed by atoms with E-state index in [4.69, 9.17) is 9.52 Å². The zero-order chi connectivity index (χ0) is 12.4. The number of aliphatic hydroxyl groups is 1. The van der Waals surface area contributed by atoms with E-state index in [-0.39, 0.29) is 12.4 Å². The quantitative estimate of drug-likeness (QED) is 0.842. The summed E-state index contributed by atoms with van der Waals surface area (Å²) < 4.78 is 6.55. The van der Waals surface area contributed by atoms with E-state index in [1.165, 1.54) is 4.57 Å². The van der Waals surface area contributed by atoms with Crippen LogP contribution in [0.4, 0.5) is 0 Å². The minimum atomic E-state index is -0.346. The first kappa shape index (κ1) is 11.9. The van der Waals surface area contributed by atoms with Crippen LogP contribution in [0.5, 0.6) is 0 Å². The van der Waals surface area contributed by atoms with Gasteiger partial charge in [-0.25, -0.2) is 4.79 Å². The number of hydrogen-bond acceptors (Lipinski definition) is 4. The van der Waals surface area contributed by atoms with E-state index in [1.807, 2.05) is 24.1 Å². The lowest BCUT2D eigenvalue weighted by atomic mass is 10.2. The number of likely N-dealkylation sites (N-methyl/N-ethyl adjacent to an activating group) is 1. The van der Waals surface area contributed by atoms with Crippen molar-refractivity contribution in [3.63, 3.8) is 0 Å². The van der Waals surface area contributed by atoms with Gasteiger partial charge in [0.15, 0.2) is 5.58 Å². The molecule has 17 heavy (non-hydrogen) atoms. The van der Waals surface area contributed by atoms with Crippen LogP contribution in [0, 0.1) is 0 Å². The maximum absolute atomic E-state index is 11.3. The molecule has 1 heterocycles. The zero-order valence-electron chi connectivity index (χ0n) is 10.0. The van der Waals surface area contributed by atoms with Gasteiger partial charge in [0.05, 0.1) is 12.1 Å². The highest BCUT2D eigenvalue weighted by atomic mass is 16.4. The molecular weight excluding hydrogens is 220 g/mol. The van der Waals surface area contributed by atoms with E-state index in [1.54, 1.807) is 13.1 Å². The van der Waals surface area contributed by atoms with Crippen LogP contribution in [-0.2, 0) is 13.6 Å². The average molecular weight is 236 g/mol. The van der Waals surface area contributed by atoms with Gasteiger partial charge < -0.3 is 9.52 Å². The van der Waals surface area contributed by atoms with E-state index < -0.39 is 0 Å². The van der Waals surface area contributed by atoms with Gasteiger partial charge in [-0.3, -0.25) is 9.47 Å². The van der Waals surface area contributed by atoms with Crippen LogP contribution >= 0.6 is 0 Å². The largest absolute Gasteiger partial charge is 0.419 e. The van der Waals surface area contributed by atoms with Crippen LogP contribution in [-0.4, -0.2) is 34.8 Å². The predicted octanol–water partition coefficient (Wildman–Crippen LogP) is 0.556. The van der Waals surface area contributed by atoms with Crippen molar-refractivity contribution in [1.82, 2.24) is 9.47 Å². The molecule has 5 heteroatoms. The lowest BCUT2D eigenvalue weighted by Gasteiger charge is -2.14. The Balaban J connectivity index is 2.31. The molecule has 5 nitrogen and oxygen atoms in total. The van der Waals surface area contributed by atoms with E-state index in [2.05, 4.69) is 0 Å². The highest BCUT2D eigenvalue weighted by Crippen LogP contribution is 2.15. The van der Waals surface area contributed by atoms with Crippen molar-refractivity contribution in [3.8, 4) is 0 Å². The Morgan fingerprint density at radius 3 is 2.94 bits per heavy atom. The number of hydrogen-bond donors (Lipinski definition) is 1. The average Bonchev–Trinajstić information content (AvgIpc) is 2.56. The molecule has 92 valence electrons. The lowest BCUT2D eigenvalue weighted by molar-refractivity contribution is 0.217. The Hall–Kier alpha value is -1.59. The minimum absolute atomic E-state index is 0.142. The molecule has 0 spiro atoms. The summed E-state index contributed by atoms with van der Waals surface area (Å²) in [5.74, 6) is -0.346. The van der Waals surface area contributed by atoms with Crippen molar-refractivity contribution in [2.75, 3.05) is 20.2 Å². The summed E-state index contributed by atoms with van der Waals surface area (Å²) in [6.45, 7) is 1.50. The number of aromatic nitrogens is 1. The molecule has 0 aliphatic rings. The van der Waals surface area contributed by atoms with Gasteiger partial charge in [0.25, 0.3) is 0 Å². The monoisotopic (exact) mass is 236 g/mol. The number of nitrogens with zero attached hydrogens (tertiary/aromatic N) is 2. The molecule has 0 unspecified atom stereocenters. The van der Waals surface area contributed by atoms with Gasteiger partial charge in [-0.15, -0.1) is 0 Å². The molecule has 0 fully saturated rings. The molecule has 0 aliphatic heterocycles. The van der Waals surface area contributed by atoms with Crippen molar-refractivity contribution >= 4 is 11.1 Å².